The highest BCUT2D eigenvalue weighted by Crippen LogP contribution is 2.34. The van der Waals surface area contributed by atoms with Gasteiger partial charge in [0.25, 0.3) is 0 Å². The lowest BCUT2D eigenvalue weighted by atomic mass is 10.1. The maximum Gasteiger partial charge on any atom is 0.249 e. The van der Waals surface area contributed by atoms with E-state index < -0.39 is 20.8 Å². The second kappa shape index (κ2) is 6.54. The summed E-state index contributed by atoms with van der Waals surface area (Å²) < 4.78 is 39.3. The SMILES string of the molecule is CS(=O)(=O)c1nc(-c2cccc(F)c2)c2c(N)n(-c3ccccc3Cl)nc2n1. The van der Waals surface area contributed by atoms with Crippen LogP contribution in [0.4, 0.5) is 10.2 Å². The number of hydrogen-bond acceptors (Lipinski definition) is 6. The van der Waals surface area contributed by atoms with Crippen molar-refractivity contribution in [2.45, 2.75) is 5.16 Å². The van der Waals surface area contributed by atoms with E-state index in [-0.39, 0.29) is 17.2 Å². The molecule has 2 aromatic carbocycles. The molecule has 0 fully saturated rings. The van der Waals surface area contributed by atoms with Crippen LogP contribution in [0.3, 0.4) is 0 Å². The normalized spacial score (nSPS) is 11.8. The Labute approximate surface area is 164 Å². The third-order valence-electron chi connectivity index (χ3n) is 4.06. The van der Waals surface area contributed by atoms with Crippen molar-refractivity contribution in [2.75, 3.05) is 12.0 Å². The van der Waals surface area contributed by atoms with Gasteiger partial charge in [-0.1, -0.05) is 35.9 Å². The van der Waals surface area contributed by atoms with Gasteiger partial charge in [0, 0.05) is 11.8 Å². The molecule has 0 radical (unpaired) electrons. The smallest absolute Gasteiger partial charge is 0.249 e. The van der Waals surface area contributed by atoms with Gasteiger partial charge in [0.05, 0.1) is 21.8 Å². The second-order valence-electron chi connectivity index (χ2n) is 6.08. The van der Waals surface area contributed by atoms with Gasteiger partial charge in [-0.15, -0.1) is 5.10 Å². The average Bonchev–Trinajstić information content (AvgIpc) is 2.97. The van der Waals surface area contributed by atoms with Gasteiger partial charge in [-0.2, -0.15) is 4.98 Å². The van der Waals surface area contributed by atoms with Crippen molar-refractivity contribution in [1.82, 2.24) is 19.7 Å². The van der Waals surface area contributed by atoms with E-state index in [1.165, 1.54) is 22.9 Å². The first kappa shape index (κ1) is 18.3. The topological polar surface area (TPSA) is 104 Å². The standard InChI is InChI=1S/C18H13ClFN5O2S/c1-28(26,27)18-22-15(10-5-4-6-11(20)9-10)14-16(21)25(24-17(14)23-18)13-8-3-2-7-12(13)19/h2-9H,21H2,1H3. The van der Waals surface area contributed by atoms with E-state index in [1.807, 2.05) is 0 Å². The van der Waals surface area contributed by atoms with E-state index in [1.54, 1.807) is 30.3 Å². The molecule has 0 saturated carbocycles. The summed E-state index contributed by atoms with van der Waals surface area (Å²) in [5, 5.41) is 4.59. The van der Waals surface area contributed by atoms with Crippen molar-refractivity contribution >= 4 is 38.3 Å². The van der Waals surface area contributed by atoms with Gasteiger partial charge in [0.1, 0.15) is 11.6 Å². The summed E-state index contributed by atoms with van der Waals surface area (Å²) in [6.45, 7) is 0. The predicted molar refractivity (Wildman–Crippen MR) is 105 cm³/mol. The van der Waals surface area contributed by atoms with Gasteiger partial charge in [-0.3, -0.25) is 0 Å². The quantitative estimate of drug-likeness (QED) is 0.513. The number of para-hydroxylation sites is 1. The lowest BCUT2D eigenvalue weighted by Gasteiger charge is -2.07. The molecule has 0 aliphatic heterocycles. The van der Waals surface area contributed by atoms with Crippen LogP contribution in [-0.4, -0.2) is 34.4 Å². The molecular weight excluding hydrogens is 405 g/mol. The highest BCUT2D eigenvalue weighted by Gasteiger charge is 2.23. The van der Waals surface area contributed by atoms with E-state index in [0.29, 0.717) is 21.7 Å². The molecule has 142 valence electrons. The molecule has 2 heterocycles. The number of anilines is 1. The zero-order chi connectivity index (χ0) is 20.1. The largest absolute Gasteiger partial charge is 0.383 e. The van der Waals surface area contributed by atoms with Crippen molar-refractivity contribution in [3.8, 4) is 16.9 Å². The molecule has 0 bridgehead atoms. The van der Waals surface area contributed by atoms with Crippen molar-refractivity contribution in [3.63, 3.8) is 0 Å². The molecular formula is C18H13ClFN5O2S. The molecule has 2 N–H and O–H groups in total. The maximum absolute atomic E-state index is 13.8. The van der Waals surface area contributed by atoms with Gasteiger partial charge in [-0.05, 0) is 24.3 Å². The molecule has 0 atom stereocenters. The van der Waals surface area contributed by atoms with Crippen LogP contribution >= 0.6 is 11.6 Å². The lowest BCUT2D eigenvalue weighted by molar-refractivity contribution is 0.593. The number of nitrogens with zero attached hydrogens (tertiary/aromatic N) is 4. The summed E-state index contributed by atoms with van der Waals surface area (Å²) in [5.41, 5.74) is 7.36. The Morgan fingerprint density at radius 1 is 1.11 bits per heavy atom. The molecule has 0 saturated heterocycles. The van der Waals surface area contributed by atoms with Crippen molar-refractivity contribution < 1.29 is 12.8 Å². The van der Waals surface area contributed by atoms with Crippen LogP contribution in [0.5, 0.6) is 0 Å². The number of sulfone groups is 1. The molecule has 2 aromatic heterocycles. The van der Waals surface area contributed by atoms with E-state index >= 15 is 0 Å². The number of aromatic nitrogens is 4. The Kier molecular flexibility index (Phi) is 4.28. The number of nitrogens with two attached hydrogens (primary N) is 1. The molecule has 0 unspecified atom stereocenters. The molecule has 7 nitrogen and oxygen atoms in total. The number of halogens is 2. The first-order valence-corrected chi connectivity index (χ1v) is 10.3. The fraction of sp³-hybridized carbons (Fsp3) is 0.0556. The Hall–Kier alpha value is -3.04. The Balaban J connectivity index is 2.11. The van der Waals surface area contributed by atoms with E-state index in [4.69, 9.17) is 17.3 Å². The minimum Gasteiger partial charge on any atom is -0.383 e. The molecule has 28 heavy (non-hydrogen) atoms. The molecule has 0 aliphatic rings. The number of hydrogen-bond donors (Lipinski definition) is 1. The van der Waals surface area contributed by atoms with Crippen LogP contribution in [0, 0.1) is 5.82 Å². The van der Waals surface area contributed by atoms with Crippen LogP contribution in [0.25, 0.3) is 28.0 Å². The number of benzene rings is 2. The molecule has 0 spiro atoms. The maximum atomic E-state index is 13.8. The van der Waals surface area contributed by atoms with E-state index in [2.05, 4.69) is 15.1 Å². The summed E-state index contributed by atoms with van der Waals surface area (Å²) in [4.78, 5) is 8.19. The van der Waals surface area contributed by atoms with E-state index in [0.717, 1.165) is 6.26 Å². The summed E-state index contributed by atoms with van der Waals surface area (Å²) in [6, 6.07) is 12.5. The fourth-order valence-corrected chi connectivity index (χ4v) is 3.53. The lowest BCUT2D eigenvalue weighted by Crippen LogP contribution is -2.06. The van der Waals surface area contributed by atoms with Gasteiger partial charge >= 0.3 is 0 Å². The summed E-state index contributed by atoms with van der Waals surface area (Å²) >= 11 is 6.24. The van der Waals surface area contributed by atoms with Crippen molar-refractivity contribution in [2.24, 2.45) is 0 Å². The van der Waals surface area contributed by atoms with Crippen LogP contribution in [-0.2, 0) is 9.84 Å². The summed E-state index contributed by atoms with van der Waals surface area (Å²) in [6.07, 6.45) is 0.984. The molecule has 10 heteroatoms. The minimum absolute atomic E-state index is 0.0621. The number of fused-ring (bicyclic) bond motifs is 1. The Bertz CT molecular complexity index is 1340. The van der Waals surface area contributed by atoms with Gasteiger partial charge < -0.3 is 5.73 Å². The molecule has 0 aliphatic carbocycles. The second-order valence-corrected chi connectivity index (χ2v) is 8.40. The van der Waals surface area contributed by atoms with Gasteiger partial charge in [0.15, 0.2) is 5.65 Å². The molecule has 0 amide bonds. The highest BCUT2D eigenvalue weighted by molar-refractivity contribution is 7.90. The van der Waals surface area contributed by atoms with Gasteiger partial charge in [0.2, 0.25) is 15.0 Å². The number of rotatable bonds is 3. The van der Waals surface area contributed by atoms with Crippen molar-refractivity contribution in [3.05, 3.63) is 59.4 Å². The average molecular weight is 418 g/mol. The van der Waals surface area contributed by atoms with E-state index in [9.17, 15) is 12.8 Å². The zero-order valence-electron chi connectivity index (χ0n) is 14.5. The van der Waals surface area contributed by atoms with Crippen molar-refractivity contribution in [1.29, 1.82) is 0 Å². The zero-order valence-corrected chi connectivity index (χ0v) is 16.0. The summed E-state index contributed by atoms with van der Waals surface area (Å²) in [7, 11) is -3.74. The van der Waals surface area contributed by atoms with Crippen LogP contribution < -0.4 is 5.73 Å². The van der Waals surface area contributed by atoms with Gasteiger partial charge in [-0.25, -0.2) is 22.5 Å². The first-order chi connectivity index (χ1) is 13.3. The fourth-order valence-electron chi connectivity index (χ4n) is 2.81. The summed E-state index contributed by atoms with van der Waals surface area (Å²) in [5.74, 6) is -0.343. The predicted octanol–water partition coefficient (Wildman–Crippen LogP) is 3.26. The van der Waals surface area contributed by atoms with Crippen LogP contribution in [0.1, 0.15) is 0 Å². The molecule has 4 aromatic rings. The Morgan fingerprint density at radius 2 is 1.86 bits per heavy atom. The minimum atomic E-state index is -3.74. The highest BCUT2D eigenvalue weighted by atomic mass is 35.5. The molecule has 4 rings (SSSR count). The third kappa shape index (κ3) is 3.08. The number of nitrogen functional groups attached to an aromatic ring is 1. The third-order valence-corrected chi connectivity index (χ3v) is 5.22. The van der Waals surface area contributed by atoms with Crippen LogP contribution in [0.2, 0.25) is 5.02 Å². The first-order valence-electron chi connectivity index (χ1n) is 8.03. The van der Waals surface area contributed by atoms with Crippen LogP contribution in [0.15, 0.2) is 53.7 Å². The Morgan fingerprint density at radius 3 is 2.54 bits per heavy atom. The monoisotopic (exact) mass is 417 g/mol.